The first-order valence-corrected chi connectivity index (χ1v) is 12.5. The highest BCUT2D eigenvalue weighted by Gasteiger charge is 2.20. The van der Waals surface area contributed by atoms with Gasteiger partial charge in [-0.1, -0.05) is 18.2 Å². The Hall–Kier alpha value is -4.43. The number of nitrogens with one attached hydrogen (secondary N) is 3. The summed E-state index contributed by atoms with van der Waals surface area (Å²) in [4.78, 5) is 24.9. The van der Waals surface area contributed by atoms with Crippen molar-refractivity contribution in [2.75, 3.05) is 30.4 Å². The molecule has 3 aromatic carbocycles. The highest BCUT2D eigenvalue weighted by molar-refractivity contribution is 5.94. The Morgan fingerprint density at radius 3 is 2.63 bits per heavy atom. The normalized spacial score (nSPS) is 14.1. The summed E-state index contributed by atoms with van der Waals surface area (Å²) in [5.41, 5.74) is 4.76. The molecule has 0 radical (unpaired) electrons. The molecule has 1 aliphatic heterocycles. The predicted octanol–water partition coefficient (Wildman–Crippen LogP) is 5.70. The van der Waals surface area contributed by atoms with Crippen molar-refractivity contribution < 1.29 is 19.1 Å². The molecular formula is C30H29N3O5. The third-order valence-electron chi connectivity index (χ3n) is 6.78. The van der Waals surface area contributed by atoms with Crippen molar-refractivity contribution in [2.24, 2.45) is 5.92 Å². The van der Waals surface area contributed by atoms with Crippen LogP contribution >= 0.6 is 0 Å². The van der Waals surface area contributed by atoms with Gasteiger partial charge in [0.15, 0.2) is 5.43 Å². The number of carboxylic acid groups (broad SMARTS) is 1. The highest BCUT2D eigenvalue weighted by Crippen LogP contribution is 2.32. The molecule has 0 saturated carbocycles. The summed E-state index contributed by atoms with van der Waals surface area (Å²) < 4.78 is 11.6. The average molecular weight is 512 g/mol. The van der Waals surface area contributed by atoms with Crippen LogP contribution in [-0.4, -0.2) is 37.0 Å². The minimum Gasteiger partial charge on any atom is -0.478 e. The third-order valence-corrected chi connectivity index (χ3v) is 6.78. The fraction of sp³-hybridized carbons (Fsp3) is 0.233. The van der Waals surface area contributed by atoms with Crippen molar-refractivity contribution in [1.82, 2.24) is 0 Å². The molecule has 1 saturated heterocycles. The van der Waals surface area contributed by atoms with Crippen LogP contribution in [0.5, 0.6) is 0 Å². The van der Waals surface area contributed by atoms with Gasteiger partial charge in [-0.3, -0.25) is 4.79 Å². The van der Waals surface area contributed by atoms with Gasteiger partial charge in [0.1, 0.15) is 11.3 Å². The van der Waals surface area contributed by atoms with Crippen LogP contribution in [0, 0.1) is 18.3 Å². The zero-order valence-electron chi connectivity index (χ0n) is 21.2. The van der Waals surface area contributed by atoms with E-state index in [1.807, 2.05) is 38.1 Å². The summed E-state index contributed by atoms with van der Waals surface area (Å²) in [6.07, 6.45) is 1.28. The van der Waals surface area contributed by atoms with E-state index in [0.29, 0.717) is 39.5 Å². The number of ether oxygens (including phenoxy) is 1. The van der Waals surface area contributed by atoms with Crippen molar-refractivity contribution in [3.8, 4) is 11.3 Å². The Balaban J connectivity index is 1.53. The summed E-state index contributed by atoms with van der Waals surface area (Å²) in [6, 6.07) is 17.2. The molecule has 4 aromatic rings. The van der Waals surface area contributed by atoms with E-state index in [4.69, 9.17) is 14.6 Å². The second-order valence-corrected chi connectivity index (χ2v) is 9.65. The summed E-state index contributed by atoms with van der Waals surface area (Å²) >= 11 is 0. The number of aromatic carboxylic acids is 1. The number of benzene rings is 3. The maximum atomic E-state index is 13.2. The fourth-order valence-corrected chi connectivity index (χ4v) is 4.66. The molecule has 1 fully saturated rings. The molecule has 2 heterocycles. The van der Waals surface area contributed by atoms with Gasteiger partial charge in [-0.15, -0.1) is 0 Å². The molecule has 0 aliphatic carbocycles. The first kappa shape index (κ1) is 25.2. The first-order valence-electron chi connectivity index (χ1n) is 12.5. The van der Waals surface area contributed by atoms with Crippen LogP contribution in [0.15, 0.2) is 69.9 Å². The second-order valence-electron chi connectivity index (χ2n) is 9.65. The zero-order chi connectivity index (χ0) is 26.8. The monoisotopic (exact) mass is 511 g/mol. The van der Waals surface area contributed by atoms with E-state index in [1.165, 1.54) is 12.3 Å². The van der Waals surface area contributed by atoms with Gasteiger partial charge in [0.2, 0.25) is 0 Å². The van der Waals surface area contributed by atoms with E-state index < -0.39 is 5.97 Å². The molecular weight excluding hydrogens is 482 g/mol. The van der Waals surface area contributed by atoms with Gasteiger partial charge in [0.25, 0.3) is 0 Å². The highest BCUT2D eigenvalue weighted by atomic mass is 16.5. The largest absolute Gasteiger partial charge is 0.478 e. The Morgan fingerprint density at radius 2 is 1.92 bits per heavy atom. The smallest absolute Gasteiger partial charge is 0.337 e. The van der Waals surface area contributed by atoms with Crippen molar-refractivity contribution in [2.45, 2.75) is 19.9 Å². The quantitative estimate of drug-likeness (QED) is 0.213. The Morgan fingerprint density at radius 1 is 1.13 bits per heavy atom. The minimum absolute atomic E-state index is 0.163. The van der Waals surface area contributed by atoms with Gasteiger partial charge >= 0.3 is 5.97 Å². The molecule has 1 atom stereocenters. The van der Waals surface area contributed by atoms with E-state index in [1.54, 1.807) is 30.3 Å². The van der Waals surface area contributed by atoms with Gasteiger partial charge in [0.05, 0.1) is 30.2 Å². The van der Waals surface area contributed by atoms with Crippen molar-refractivity contribution >= 4 is 34.5 Å². The SMILES string of the molecule is Cc1cc(C(C)Nc2ccccc2C(=O)O)c2oc(-c3ccc(NCC4COC4)c(C=N)c3)cc(=O)c2c1. The van der Waals surface area contributed by atoms with Gasteiger partial charge in [-0.05, 0) is 55.8 Å². The molecule has 0 amide bonds. The number of carboxylic acids is 1. The van der Waals surface area contributed by atoms with Gasteiger partial charge in [-0.2, -0.15) is 0 Å². The molecule has 194 valence electrons. The molecule has 1 unspecified atom stereocenters. The lowest BCUT2D eigenvalue weighted by atomic mass is 9.99. The summed E-state index contributed by atoms with van der Waals surface area (Å²) in [5, 5.41) is 24.6. The van der Waals surface area contributed by atoms with Crippen LogP contribution in [0.1, 0.15) is 40.0 Å². The second kappa shape index (κ2) is 10.5. The van der Waals surface area contributed by atoms with E-state index in [-0.39, 0.29) is 17.0 Å². The van der Waals surface area contributed by atoms with E-state index in [9.17, 15) is 14.7 Å². The van der Waals surface area contributed by atoms with Crippen LogP contribution in [0.2, 0.25) is 0 Å². The molecule has 38 heavy (non-hydrogen) atoms. The van der Waals surface area contributed by atoms with Crippen LogP contribution in [0.25, 0.3) is 22.3 Å². The lowest BCUT2D eigenvalue weighted by molar-refractivity contribution is -0.0248. The van der Waals surface area contributed by atoms with Crippen LogP contribution in [0.3, 0.4) is 0 Å². The number of rotatable bonds is 9. The minimum atomic E-state index is -1.02. The van der Waals surface area contributed by atoms with Gasteiger partial charge in [-0.25, -0.2) is 4.79 Å². The number of carbonyl (C=O) groups is 1. The molecule has 0 spiro atoms. The van der Waals surface area contributed by atoms with Crippen molar-refractivity contribution in [3.05, 3.63) is 93.1 Å². The maximum absolute atomic E-state index is 13.2. The average Bonchev–Trinajstić information content (AvgIpc) is 2.88. The molecule has 8 heteroatoms. The predicted molar refractivity (Wildman–Crippen MR) is 149 cm³/mol. The molecule has 5 rings (SSSR count). The number of anilines is 2. The van der Waals surface area contributed by atoms with Crippen LogP contribution < -0.4 is 16.1 Å². The van der Waals surface area contributed by atoms with E-state index in [0.717, 1.165) is 36.6 Å². The molecule has 1 aliphatic rings. The van der Waals surface area contributed by atoms with Gasteiger partial charge in [0, 0.05) is 52.8 Å². The molecule has 8 nitrogen and oxygen atoms in total. The third kappa shape index (κ3) is 5.03. The maximum Gasteiger partial charge on any atom is 0.337 e. The first-order chi connectivity index (χ1) is 18.3. The summed E-state index contributed by atoms with van der Waals surface area (Å²) in [5.74, 6) is -0.163. The summed E-state index contributed by atoms with van der Waals surface area (Å²) in [7, 11) is 0. The molecule has 4 N–H and O–H groups in total. The van der Waals surface area contributed by atoms with Crippen LogP contribution in [0.4, 0.5) is 11.4 Å². The Bertz CT molecular complexity index is 1590. The Kier molecular flexibility index (Phi) is 6.98. The standard InChI is InChI=1S/C30H29N3O5/c1-17-9-23(18(2)33-26-6-4-3-5-22(26)30(35)36)29-24(10-17)27(34)12-28(38-29)20-7-8-25(21(11-20)13-31)32-14-19-15-37-16-19/h3-13,18-19,31-33H,14-16H2,1-2H3,(H,35,36). The number of hydrogen-bond donors (Lipinski definition) is 4. The van der Waals surface area contributed by atoms with Gasteiger partial charge < -0.3 is 30.3 Å². The Labute approximate surface area is 219 Å². The summed E-state index contributed by atoms with van der Waals surface area (Å²) in [6.45, 7) is 6.06. The number of fused-ring (bicyclic) bond motifs is 1. The lowest BCUT2D eigenvalue weighted by Crippen LogP contribution is -2.33. The fourth-order valence-electron chi connectivity index (χ4n) is 4.66. The molecule has 0 bridgehead atoms. The van der Waals surface area contributed by atoms with Crippen LogP contribution in [-0.2, 0) is 4.74 Å². The zero-order valence-corrected chi connectivity index (χ0v) is 21.2. The number of hydrogen-bond acceptors (Lipinski definition) is 7. The van der Waals surface area contributed by atoms with Crippen molar-refractivity contribution in [3.63, 3.8) is 0 Å². The molecule has 1 aromatic heterocycles. The number of aryl methyl sites for hydroxylation is 1. The topological polar surface area (TPSA) is 125 Å². The number of para-hydroxylation sites is 1. The van der Waals surface area contributed by atoms with Crippen molar-refractivity contribution in [1.29, 1.82) is 5.41 Å². The lowest BCUT2D eigenvalue weighted by Gasteiger charge is -2.26. The van der Waals surface area contributed by atoms with E-state index in [2.05, 4.69) is 10.6 Å². The van der Waals surface area contributed by atoms with E-state index >= 15 is 0 Å².